The van der Waals surface area contributed by atoms with E-state index in [4.69, 9.17) is 16.2 Å². The molecule has 4 heterocycles. The van der Waals surface area contributed by atoms with Gasteiger partial charge in [0.25, 0.3) is 5.91 Å². The molecule has 1 aromatic heterocycles. The number of benzene rings is 1. The van der Waals surface area contributed by atoms with Gasteiger partial charge in [-0.1, -0.05) is 19.1 Å². The van der Waals surface area contributed by atoms with Gasteiger partial charge in [-0.3, -0.25) is 9.59 Å². The van der Waals surface area contributed by atoms with Crippen molar-refractivity contribution in [2.45, 2.75) is 26.4 Å². The maximum Gasteiger partial charge on any atom is 0.416 e. The zero-order valence-electron chi connectivity index (χ0n) is 23.9. The molecule has 5 rings (SSSR count). The van der Waals surface area contributed by atoms with Crippen LogP contribution in [0.25, 0.3) is 5.70 Å². The summed E-state index contributed by atoms with van der Waals surface area (Å²) in [4.78, 5) is 37.8. The SMILES string of the molecule is C[C@H]1CCN(C(=O)C2(C)COC2)C[C@@H]1CN1C=CN=C(N)/C1=C(/N)c1ccc(C(=O)Nc2cc(C(F)(F)F)ccn2)cc1. The van der Waals surface area contributed by atoms with Gasteiger partial charge in [-0.05, 0) is 55.0 Å². The number of alkyl halides is 3. The molecule has 5 N–H and O–H groups in total. The van der Waals surface area contributed by atoms with Gasteiger partial charge in [0.05, 0.1) is 29.9 Å². The van der Waals surface area contributed by atoms with Crippen molar-refractivity contribution < 1.29 is 27.5 Å². The number of ether oxygens (including phenoxy) is 1. The van der Waals surface area contributed by atoms with Crippen molar-refractivity contribution in [2.75, 3.05) is 38.2 Å². The third-order valence-electron chi connectivity index (χ3n) is 8.22. The second-order valence-electron chi connectivity index (χ2n) is 11.5. The number of carbonyl (C=O) groups excluding carboxylic acids is 2. The van der Waals surface area contributed by atoms with E-state index in [1.807, 2.05) is 16.7 Å². The lowest BCUT2D eigenvalue weighted by atomic mass is 9.82. The van der Waals surface area contributed by atoms with Gasteiger partial charge >= 0.3 is 6.18 Å². The zero-order chi connectivity index (χ0) is 30.9. The maximum absolute atomic E-state index is 13.2. The van der Waals surface area contributed by atoms with Crippen LogP contribution in [0.3, 0.4) is 0 Å². The van der Waals surface area contributed by atoms with Crippen LogP contribution in [0, 0.1) is 17.3 Å². The van der Waals surface area contributed by atoms with Crippen molar-refractivity contribution >= 4 is 29.2 Å². The van der Waals surface area contributed by atoms with E-state index in [1.165, 1.54) is 12.1 Å². The predicted octanol–water partition coefficient (Wildman–Crippen LogP) is 3.65. The minimum Gasteiger partial charge on any atom is -0.396 e. The van der Waals surface area contributed by atoms with E-state index in [0.29, 0.717) is 55.7 Å². The van der Waals surface area contributed by atoms with E-state index in [1.54, 1.807) is 24.5 Å². The summed E-state index contributed by atoms with van der Waals surface area (Å²) in [6.45, 7) is 6.87. The minimum atomic E-state index is -4.56. The summed E-state index contributed by atoms with van der Waals surface area (Å²) in [5.41, 5.74) is 13.2. The Hall–Kier alpha value is -4.39. The summed E-state index contributed by atoms with van der Waals surface area (Å²) < 4.78 is 44.3. The Morgan fingerprint density at radius 2 is 1.86 bits per heavy atom. The Balaban J connectivity index is 1.31. The highest BCUT2D eigenvalue weighted by Crippen LogP contribution is 2.34. The standard InChI is InChI=1S/C30H34F3N7O3/c1-18-8-11-40(28(42)29(2)16-43-17-29)15-21(18)14-39-12-10-37-26(35)25(39)24(34)19-3-5-20(6-4-19)27(41)38-23-13-22(7-9-36-23)30(31,32)33/h3-7,9-10,12-13,18,21H,8,11,14-17,34H2,1-2H3,(H2,35,37)(H,36,38,41)/b25-24-/t18-,21-/m0/s1. The summed E-state index contributed by atoms with van der Waals surface area (Å²) in [6.07, 6.45) is 0.708. The van der Waals surface area contributed by atoms with Gasteiger partial charge in [0.2, 0.25) is 5.91 Å². The van der Waals surface area contributed by atoms with Crippen LogP contribution in [-0.2, 0) is 15.7 Å². The number of piperidine rings is 1. The largest absolute Gasteiger partial charge is 0.416 e. The van der Waals surface area contributed by atoms with Gasteiger partial charge < -0.3 is 31.3 Å². The number of aliphatic imine (C=N–C) groups is 1. The number of nitrogens with one attached hydrogen (secondary N) is 1. The lowest BCUT2D eigenvalue weighted by molar-refractivity contribution is -0.171. The molecule has 0 saturated carbocycles. The third kappa shape index (κ3) is 6.36. The van der Waals surface area contributed by atoms with Crippen molar-refractivity contribution in [2.24, 2.45) is 33.7 Å². The summed E-state index contributed by atoms with van der Waals surface area (Å²) in [7, 11) is 0. The number of anilines is 1. The predicted molar refractivity (Wildman–Crippen MR) is 155 cm³/mol. The number of aromatic nitrogens is 1. The van der Waals surface area contributed by atoms with E-state index in [-0.39, 0.29) is 29.0 Å². The average molecular weight is 598 g/mol. The molecule has 2 saturated heterocycles. The summed E-state index contributed by atoms with van der Waals surface area (Å²) in [5.74, 6) is 0.0139. The molecule has 0 radical (unpaired) electrons. The summed E-state index contributed by atoms with van der Waals surface area (Å²) in [5, 5.41) is 2.39. The van der Waals surface area contributed by atoms with Crippen LogP contribution in [0.1, 0.15) is 41.8 Å². The van der Waals surface area contributed by atoms with Gasteiger partial charge in [0.1, 0.15) is 17.4 Å². The number of hydrogen-bond donors (Lipinski definition) is 3. The molecule has 2 amide bonds. The van der Waals surface area contributed by atoms with E-state index < -0.39 is 23.1 Å². The molecule has 13 heteroatoms. The number of likely N-dealkylation sites (tertiary alicyclic amines) is 1. The van der Waals surface area contributed by atoms with Crippen LogP contribution < -0.4 is 16.8 Å². The molecule has 1 aromatic carbocycles. The van der Waals surface area contributed by atoms with Crippen LogP contribution >= 0.6 is 0 Å². The average Bonchev–Trinajstić information content (AvgIpc) is 2.96. The molecule has 3 aliphatic rings. The monoisotopic (exact) mass is 597 g/mol. The number of amidine groups is 1. The number of rotatable bonds is 6. The lowest BCUT2D eigenvalue weighted by Crippen LogP contribution is -2.57. The van der Waals surface area contributed by atoms with Gasteiger partial charge in [0, 0.05) is 43.8 Å². The summed E-state index contributed by atoms with van der Waals surface area (Å²) >= 11 is 0. The quantitative estimate of drug-likeness (QED) is 0.462. The molecule has 0 aliphatic carbocycles. The van der Waals surface area contributed by atoms with Crippen LogP contribution in [0.2, 0.25) is 0 Å². The first-order valence-corrected chi connectivity index (χ1v) is 13.9. The Bertz CT molecular complexity index is 1480. The Kier molecular flexibility index (Phi) is 8.19. The van der Waals surface area contributed by atoms with Crippen molar-refractivity contribution in [1.29, 1.82) is 0 Å². The highest BCUT2D eigenvalue weighted by atomic mass is 19.4. The van der Waals surface area contributed by atoms with Gasteiger partial charge in [-0.2, -0.15) is 13.2 Å². The van der Waals surface area contributed by atoms with Gasteiger partial charge in [-0.15, -0.1) is 0 Å². The second kappa shape index (κ2) is 11.7. The second-order valence-corrected chi connectivity index (χ2v) is 11.5. The van der Waals surface area contributed by atoms with Crippen LogP contribution in [0.4, 0.5) is 19.0 Å². The number of nitrogens with two attached hydrogens (primary N) is 2. The topological polar surface area (TPSA) is 139 Å². The van der Waals surface area contributed by atoms with E-state index >= 15 is 0 Å². The van der Waals surface area contributed by atoms with Gasteiger partial charge in [-0.25, -0.2) is 9.98 Å². The fourth-order valence-corrected chi connectivity index (χ4v) is 5.46. The Morgan fingerprint density at radius 3 is 2.51 bits per heavy atom. The molecular weight excluding hydrogens is 563 g/mol. The molecular formula is C30H34F3N7O3. The normalized spacial score (nSPS) is 22.9. The minimum absolute atomic E-state index is 0.120. The first-order chi connectivity index (χ1) is 20.4. The molecule has 2 atom stereocenters. The lowest BCUT2D eigenvalue weighted by Gasteiger charge is -2.45. The molecule has 3 aliphatic heterocycles. The van der Waals surface area contributed by atoms with Crippen molar-refractivity contribution in [3.05, 3.63) is 77.4 Å². The van der Waals surface area contributed by atoms with Crippen LogP contribution in [-0.4, -0.2) is 65.3 Å². The molecule has 10 nitrogen and oxygen atoms in total. The fourth-order valence-electron chi connectivity index (χ4n) is 5.46. The summed E-state index contributed by atoms with van der Waals surface area (Å²) in [6, 6.07) is 7.89. The van der Waals surface area contributed by atoms with Gasteiger partial charge in [0.15, 0.2) is 0 Å². The zero-order valence-corrected chi connectivity index (χ0v) is 23.9. The number of carbonyl (C=O) groups is 2. The molecule has 228 valence electrons. The fraction of sp³-hybridized carbons (Fsp3) is 0.400. The molecule has 0 spiro atoms. The molecule has 0 bridgehead atoms. The Morgan fingerprint density at radius 1 is 1.16 bits per heavy atom. The van der Waals surface area contributed by atoms with E-state index in [9.17, 15) is 22.8 Å². The highest BCUT2D eigenvalue weighted by molar-refractivity contribution is 6.05. The van der Waals surface area contributed by atoms with Crippen molar-refractivity contribution in [3.8, 4) is 0 Å². The van der Waals surface area contributed by atoms with E-state index in [0.717, 1.165) is 24.8 Å². The third-order valence-corrected chi connectivity index (χ3v) is 8.22. The van der Waals surface area contributed by atoms with Crippen LogP contribution in [0.15, 0.2) is 65.7 Å². The molecule has 2 fully saturated rings. The first-order valence-electron chi connectivity index (χ1n) is 13.9. The number of nitrogens with zero attached hydrogens (tertiary/aromatic N) is 4. The molecule has 0 unspecified atom stereocenters. The number of pyridine rings is 1. The Labute approximate surface area is 247 Å². The van der Waals surface area contributed by atoms with E-state index in [2.05, 4.69) is 22.2 Å². The molecule has 43 heavy (non-hydrogen) atoms. The maximum atomic E-state index is 13.2. The van der Waals surface area contributed by atoms with Crippen molar-refractivity contribution in [1.82, 2.24) is 14.8 Å². The number of hydrogen-bond acceptors (Lipinski definition) is 8. The number of amides is 2. The van der Waals surface area contributed by atoms with Crippen molar-refractivity contribution in [3.63, 3.8) is 0 Å². The smallest absolute Gasteiger partial charge is 0.396 e. The van der Waals surface area contributed by atoms with Crippen LogP contribution in [0.5, 0.6) is 0 Å². The first kappa shape index (κ1) is 30.1. The highest BCUT2D eigenvalue weighted by Gasteiger charge is 2.45. The number of halogens is 3. The molecule has 2 aromatic rings.